The summed E-state index contributed by atoms with van der Waals surface area (Å²) in [5.41, 5.74) is 3.78. The van der Waals surface area contributed by atoms with E-state index in [-0.39, 0.29) is 18.9 Å². The number of nitrogens with one attached hydrogen (secondary N) is 1. The van der Waals surface area contributed by atoms with Crippen LogP contribution < -0.4 is 5.32 Å². The number of furan rings is 1. The summed E-state index contributed by atoms with van der Waals surface area (Å²) in [6.07, 6.45) is 2.58. The molecule has 0 radical (unpaired) electrons. The molecule has 0 aliphatic heterocycles. The van der Waals surface area contributed by atoms with Gasteiger partial charge in [-0.3, -0.25) is 9.59 Å². The van der Waals surface area contributed by atoms with Crippen molar-refractivity contribution in [3.05, 3.63) is 35.1 Å². The van der Waals surface area contributed by atoms with Crippen molar-refractivity contribution in [3.63, 3.8) is 0 Å². The van der Waals surface area contributed by atoms with E-state index in [9.17, 15) is 9.59 Å². The number of ether oxygens (including phenoxy) is 1. The van der Waals surface area contributed by atoms with Gasteiger partial charge in [0.05, 0.1) is 12.7 Å². The maximum atomic E-state index is 11.9. The zero-order valence-corrected chi connectivity index (χ0v) is 14.8. The number of carbonyl (C=O) groups is 2. The van der Waals surface area contributed by atoms with Gasteiger partial charge in [0.2, 0.25) is 0 Å². The summed E-state index contributed by atoms with van der Waals surface area (Å²) >= 11 is 0. The van der Waals surface area contributed by atoms with Crippen LogP contribution in [0.3, 0.4) is 0 Å². The van der Waals surface area contributed by atoms with E-state index in [1.54, 1.807) is 6.26 Å². The number of esters is 1. The molecule has 0 fully saturated rings. The fourth-order valence-corrected chi connectivity index (χ4v) is 2.43. The monoisotopic (exact) mass is 331 g/mol. The molecule has 0 saturated heterocycles. The average molecular weight is 331 g/mol. The quantitative estimate of drug-likeness (QED) is 0.791. The minimum atomic E-state index is -0.435. The van der Waals surface area contributed by atoms with E-state index < -0.39 is 5.97 Å². The first-order valence-electron chi connectivity index (χ1n) is 8.27. The van der Waals surface area contributed by atoms with E-state index in [0.29, 0.717) is 12.5 Å². The molecule has 0 aliphatic rings. The van der Waals surface area contributed by atoms with E-state index in [2.05, 4.69) is 19.2 Å². The van der Waals surface area contributed by atoms with E-state index in [4.69, 9.17) is 9.15 Å². The fraction of sp³-hybridized carbons (Fsp3) is 0.474. The number of benzene rings is 1. The van der Waals surface area contributed by atoms with Crippen LogP contribution >= 0.6 is 0 Å². The summed E-state index contributed by atoms with van der Waals surface area (Å²) in [7, 11) is 0. The molecule has 2 rings (SSSR count). The van der Waals surface area contributed by atoms with Crippen LogP contribution in [0.15, 0.2) is 22.8 Å². The molecule has 130 valence electrons. The summed E-state index contributed by atoms with van der Waals surface area (Å²) in [5, 5.41) is 3.65. The molecule has 1 heterocycles. The van der Waals surface area contributed by atoms with E-state index in [1.165, 1.54) is 0 Å². The number of carbonyl (C=O) groups excluding carboxylic acids is 2. The Hall–Kier alpha value is -2.30. The Morgan fingerprint density at radius 3 is 2.71 bits per heavy atom. The van der Waals surface area contributed by atoms with Crippen molar-refractivity contribution in [2.24, 2.45) is 5.92 Å². The highest BCUT2D eigenvalue weighted by Crippen LogP contribution is 2.26. The molecule has 2 aromatic rings. The minimum Gasteiger partial charge on any atom is -0.464 e. The topological polar surface area (TPSA) is 68.5 Å². The van der Waals surface area contributed by atoms with Crippen molar-refractivity contribution in [2.75, 3.05) is 13.2 Å². The lowest BCUT2D eigenvalue weighted by atomic mass is 10.0. The van der Waals surface area contributed by atoms with Crippen molar-refractivity contribution >= 4 is 22.8 Å². The Morgan fingerprint density at radius 2 is 2.00 bits per heavy atom. The Labute approximate surface area is 142 Å². The van der Waals surface area contributed by atoms with Crippen LogP contribution in [0.4, 0.5) is 0 Å². The van der Waals surface area contributed by atoms with Gasteiger partial charge in [-0.25, -0.2) is 0 Å². The number of hydrogen-bond acceptors (Lipinski definition) is 4. The van der Waals surface area contributed by atoms with Crippen LogP contribution in [0.5, 0.6) is 0 Å². The Kier molecular flexibility index (Phi) is 6.01. The van der Waals surface area contributed by atoms with Crippen LogP contribution in [0, 0.1) is 19.8 Å². The molecule has 24 heavy (non-hydrogen) atoms. The van der Waals surface area contributed by atoms with Crippen LogP contribution in [-0.2, 0) is 20.7 Å². The smallest absolute Gasteiger partial charge is 0.310 e. The molecule has 1 aromatic carbocycles. The first kappa shape index (κ1) is 18.0. The van der Waals surface area contributed by atoms with Gasteiger partial charge in [0.15, 0.2) is 6.61 Å². The van der Waals surface area contributed by atoms with Gasteiger partial charge in [0.1, 0.15) is 5.58 Å². The molecule has 5 nitrogen and oxygen atoms in total. The summed E-state index contributed by atoms with van der Waals surface area (Å²) in [4.78, 5) is 23.6. The molecular formula is C19H25NO4. The third kappa shape index (κ3) is 4.60. The molecule has 0 spiro atoms. The molecule has 0 atom stereocenters. The van der Waals surface area contributed by atoms with Crippen molar-refractivity contribution in [1.82, 2.24) is 5.32 Å². The predicted octanol–water partition coefficient (Wildman–Crippen LogP) is 3.30. The summed E-state index contributed by atoms with van der Waals surface area (Å²) in [5.74, 6) is -0.184. The van der Waals surface area contributed by atoms with Gasteiger partial charge in [-0.1, -0.05) is 26.0 Å². The molecular weight excluding hydrogens is 306 g/mol. The SMILES string of the molecule is Cc1ccc2c(CC(=O)OCC(=O)NCCC(C)C)coc2c1C. The second kappa shape index (κ2) is 7.99. The first-order valence-corrected chi connectivity index (χ1v) is 8.27. The van der Waals surface area contributed by atoms with Gasteiger partial charge >= 0.3 is 5.97 Å². The number of fused-ring (bicyclic) bond motifs is 1. The largest absolute Gasteiger partial charge is 0.464 e. The summed E-state index contributed by atoms with van der Waals surface area (Å²) in [6, 6.07) is 3.95. The lowest BCUT2D eigenvalue weighted by molar-refractivity contribution is -0.147. The second-order valence-corrected chi connectivity index (χ2v) is 6.52. The molecule has 0 bridgehead atoms. The van der Waals surface area contributed by atoms with E-state index in [0.717, 1.165) is 34.1 Å². The fourth-order valence-electron chi connectivity index (χ4n) is 2.43. The van der Waals surface area contributed by atoms with Gasteiger partial charge < -0.3 is 14.5 Å². The average Bonchev–Trinajstić information content (AvgIpc) is 2.92. The number of aryl methyl sites for hydroxylation is 2. The van der Waals surface area contributed by atoms with Gasteiger partial charge in [0, 0.05) is 17.5 Å². The standard InChI is InChI=1S/C19H25NO4/c1-12(2)7-8-20-17(21)11-23-18(22)9-15-10-24-19-14(4)13(3)5-6-16(15)19/h5-6,10,12H,7-9,11H2,1-4H3,(H,20,21). The molecule has 5 heteroatoms. The van der Waals surface area contributed by atoms with Crippen molar-refractivity contribution < 1.29 is 18.7 Å². The number of hydrogen-bond donors (Lipinski definition) is 1. The summed E-state index contributed by atoms with van der Waals surface area (Å²) < 4.78 is 10.6. The predicted molar refractivity (Wildman–Crippen MR) is 92.8 cm³/mol. The van der Waals surface area contributed by atoms with Crippen molar-refractivity contribution in [1.29, 1.82) is 0 Å². The highest BCUT2D eigenvalue weighted by molar-refractivity contribution is 5.89. The van der Waals surface area contributed by atoms with E-state index >= 15 is 0 Å². The van der Waals surface area contributed by atoms with Crippen molar-refractivity contribution in [2.45, 2.75) is 40.5 Å². The van der Waals surface area contributed by atoms with Crippen molar-refractivity contribution in [3.8, 4) is 0 Å². The second-order valence-electron chi connectivity index (χ2n) is 6.52. The zero-order valence-electron chi connectivity index (χ0n) is 14.8. The normalized spacial score (nSPS) is 11.0. The zero-order chi connectivity index (χ0) is 17.7. The Morgan fingerprint density at radius 1 is 1.25 bits per heavy atom. The van der Waals surface area contributed by atoms with Crippen LogP contribution in [0.2, 0.25) is 0 Å². The van der Waals surface area contributed by atoms with Crippen LogP contribution in [0.1, 0.15) is 37.0 Å². The van der Waals surface area contributed by atoms with Gasteiger partial charge in [0.25, 0.3) is 5.91 Å². The van der Waals surface area contributed by atoms with Crippen LogP contribution in [0.25, 0.3) is 11.0 Å². The van der Waals surface area contributed by atoms with Gasteiger partial charge in [-0.15, -0.1) is 0 Å². The minimum absolute atomic E-state index is 0.0920. The van der Waals surface area contributed by atoms with Gasteiger partial charge in [-0.2, -0.15) is 0 Å². The third-order valence-electron chi connectivity index (χ3n) is 4.08. The highest BCUT2D eigenvalue weighted by Gasteiger charge is 2.14. The third-order valence-corrected chi connectivity index (χ3v) is 4.08. The van der Waals surface area contributed by atoms with E-state index in [1.807, 2.05) is 26.0 Å². The Balaban J connectivity index is 1.87. The first-order chi connectivity index (χ1) is 11.4. The molecule has 0 aliphatic carbocycles. The lowest BCUT2D eigenvalue weighted by Gasteiger charge is -2.08. The summed E-state index contributed by atoms with van der Waals surface area (Å²) in [6.45, 7) is 8.53. The number of amides is 1. The molecule has 0 saturated carbocycles. The van der Waals surface area contributed by atoms with Gasteiger partial charge in [-0.05, 0) is 37.3 Å². The highest BCUT2D eigenvalue weighted by atomic mass is 16.5. The molecule has 1 aromatic heterocycles. The molecule has 1 N–H and O–H groups in total. The molecule has 1 amide bonds. The van der Waals surface area contributed by atoms with Crippen LogP contribution in [-0.4, -0.2) is 25.0 Å². The molecule has 0 unspecified atom stereocenters. The maximum absolute atomic E-state index is 11.9. The Bertz CT molecular complexity index is 730. The maximum Gasteiger partial charge on any atom is 0.310 e. The lowest BCUT2D eigenvalue weighted by Crippen LogP contribution is -2.30. The number of rotatable bonds is 7.